The van der Waals surface area contributed by atoms with Crippen LogP contribution in [0.4, 0.5) is 0 Å². The number of pyridine rings is 1. The molecule has 3 rings (SSSR count). The molecule has 0 spiro atoms. The van der Waals surface area contributed by atoms with Gasteiger partial charge >= 0.3 is 0 Å². The number of hydrogen-bond donors (Lipinski definition) is 1. The van der Waals surface area contributed by atoms with Crippen LogP contribution in [0.2, 0.25) is 0 Å². The number of aromatic nitrogens is 4. The van der Waals surface area contributed by atoms with Crippen molar-refractivity contribution in [2.75, 3.05) is 0 Å². The summed E-state index contributed by atoms with van der Waals surface area (Å²) in [6.45, 7) is 0. The lowest BCUT2D eigenvalue weighted by Gasteiger charge is -2.07. The molecule has 0 aliphatic carbocycles. The van der Waals surface area contributed by atoms with E-state index in [9.17, 15) is 0 Å². The zero-order valence-electron chi connectivity index (χ0n) is 10.9. The highest BCUT2D eigenvalue weighted by Gasteiger charge is 2.12. The number of hydrogen-bond acceptors (Lipinski definition) is 4. The largest absolute Gasteiger partial charge is 0.322 e. The van der Waals surface area contributed by atoms with E-state index in [1.807, 2.05) is 48.7 Å². The fourth-order valence-corrected chi connectivity index (χ4v) is 2.01. The van der Waals surface area contributed by atoms with Crippen LogP contribution in [-0.4, -0.2) is 20.0 Å². The van der Waals surface area contributed by atoms with Gasteiger partial charge in [-0.25, -0.2) is 0 Å². The Balaban J connectivity index is 1.77. The molecule has 2 heterocycles. The Bertz CT molecular complexity index is 663. The first-order chi connectivity index (χ1) is 9.83. The van der Waals surface area contributed by atoms with Crippen LogP contribution < -0.4 is 5.73 Å². The molecule has 5 nitrogen and oxygen atoms in total. The Hall–Kier alpha value is -2.53. The molecule has 2 N–H and O–H groups in total. The van der Waals surface area contributed by atoms with Gasteiger partial charge in [-0.05, 0) is 30.2 Å². The molecule has 0 bridgehead atoms. The van der Waals surface area contributed by atoms with Gasteiger partial charge in [0.1, 0.15) is 5.69 Å². The second-order valence-corrected chi connectivity index (χ2v) is 4.57. The average molecular weight is 265 g/mol. The van der Waals surface area contributed by atoms with Crippen molar-refractivity contribution in [3.63, 3.8) is 0 Å². The van der Waals surface area contributed by atoms with E-state index in [1.165, 1.54) is 0 Å². The van der Waals surface area contributed by atoms with E-state index < -0.39 is 0 Å². The maximum absolute atomic E-state index is 6.17. The fraction of sp³-hybridized carbons (Fsp3) is 0.133. The monoisotopic (exact) mass is 265 g/mol. The highest BCUT2D eigenvalue weighted by molar-refractivity contribution is 5.28. The Labute approximate surface area is 117 Å². The van der Waals surface area contributed by atoms with Gasteiger partial charge in [-0.15, -0.1) is 0 Å². The highest BCUT2D eigenvalue weighted by Crippen LogP contribution is 2.13. The number of rotatable bonds is 4. The first kappa shape index (κ1) is 12.5. The Morgan fingerprint density at radius 3 is 2.65 bits per heavy atom. The summed E-state index contributed by atoms with van der Waals surface area (Å²) in [5, 5.41) is 8.70. The second-order valence-electron chi connectivity index (χ2n) is 4.57. The van der Waals surface area contributed by atoms with Crippen LogP contribution in [0.15, 0.2) is 61.1 Å². The maximum atomic E-state index is 6.17. The van der Waals surface area contributed by atoms with E-state index in [-0.39, 0.29) is 6.04 Å². The van der Waals surface area contributed by atoms with Gasteiger partial charge in [-0.2, -0.15) is 15.0 Å². The predicted octanol–water partition coefficient (Wildman–Crippen LogP) is 1.90. The van der Waals surface area contributed by atoms with Gasteiger partial charge < -0.3 is 5.73 Å². The van der Waals surface area contributed by atoms with Crippen LogP contribution in [-0.2, 0) is 6.42 Å². The third kappa shape index (κ3) is 2.73. The van der Waals surface area contributed by atoms with Crippen molar-refractivity contribution in [2.24, 2.45) is 5.73 Å². The van der Waals surface area contributed by atoms with Crippen LogP contribution in [0.25, 0.3) is 5.69 Å². The number of para-hydroxylation sites is 1. The molecule has 100 valence electrons. The number of nitrogens with zero attached hydrogens (tertiary/aromatic N) is 4. The van der Waals surface area contributed by atoms with Gasteiger partial charge in [0.15, 0.2) is 0 Å². The molecule has 3 aromatic rings. The lowest BCUT2D eigenvalue weighted by Crippen LogP contribution is -2.14. The van der Waals surface area contributed by atoms with Gasteiger partial charge in [0, 0.05) is 12.4 Å². The summed E-state index contributed by atoms with van der Waals surface area (Å²) in [5.41, 5.74) is 8.97. The quantitative estimate of drug-likeness (QED) is 0.782. The van der Waals surface area contributed by atoms with Crippen LogP contribution in [0, 0.1) is 0 Å². The fourth-order valence-electron chi connectivity index (χ4n) is 2.01. The van der Waals surface area contributed by atoms with E-state index >= 15 is 0 Å². The zero-order chi connectivity index (χ0) is 13.8. The van der Waals surface area contributed by atoms with Crippen molar-refractivity contribution in [1.82, 2.24) is 20.0 Å². The minimum absolute atomic E-state index is 0.184. The molecule has 5 heteroatoms. The van der Waals surface area contributed by atoms with Crippen molar-refractivity contribution >= 4 is 0 Å². The summed E-state index contributed by atoms with van der Waals surface area (Å²) in [7, 11) is 0. The minimum Gasteiger partial charge on any atom is -0.322 e. The molecular weight excluding hydrogens is 250 g/mol. The third-order valence-corrected chi connectivity index (χ3v) is 3.06. The average Bonchev–Trinajstić information content (AvgIpc) is 2.99. The summed E-state index contributed by atoms with van der Waals surface area (Å²) in [6.07, 6.45) is 5.98. The smallest absolute Gasteiger partial charge is 0.100 e. The molecular formula is C15H15N5. The zero-order valence-corrected chi connectivity index (χ0v) is 10.9. The number of benzene rings is 1. The summed E-state index contributed by atoms with van der Waals surface area (Å²) in [5.74, 6) is 0. The van der Waals surface area contributed by atoms with E-state index in [0.717, 1.165) is 16.9 Å². The molecule has 0 amide bonds. The molecule has 0 aliphatic heterocycles. The van der Waals surface area contributed by atoms with Crippen molar-refractivity contribution in [3.8, 4) is 5.69 Å². The lowest BCUT2D eigenvalue weighted by atomic mass is 10.1. The normalized spacial score (nSPS) is 12.2. The lowest BCUT2D eigenvalue weighted by molar-refractivity contribution is 0.665. The van der Waals surface area contributed by atoms with Gasteiger partial charge in [-0.1, -0.05) is 24.3 Å². The van der Waals surface area contributed by atoms with Crippen LogP contribution in [0.1, 0.15) is 17.3 Å². The van der Waals surface area contributed by atoms with Gasteiger partial charge in [-0.3, -0.25) is 4.98 Å². The molecule has 0 fully saturated rings. The van der Waals surface area contributed by atoms with Gasteiger partial charge in [0.2, 0.25) is 0 Å². The molecule has 1 aromatic carbocycles. The molecule has 0 saturated heterocycles. The van der Waals surface area contributed by atoms with E-state index in [0.29, 0.717) is 6.42 Å². The number of nitrogens with two attached hydrogens (primary N) is 1. The Morgan fingerprint density at radius 1 is 1.05 bits per heavy atom. The molecule has 20 heavy (non-hydrogen) atoms. The summed E-state index contributed by atoms with van der Waals surface area (Å²) in [6, 6.07) is 13.5. The molecule has 1 atom stereocenters. The molecule has 1 unspecified atom stereocenters. The van der Waals surface area contributed by atoms with E-state index in [4.69, 9.17) is 5.73 Å². The minimum atomic E-state index is -0.184. The third-order valence-electron chi connectivity index (χ3n) is 3.06. The first-order valence-electron chi connectivity index (χ1n) is 6.45. The van der Waals surface area contributed by atoms with Crippen LogP contribution in [0.3, 0.4) is 0 Å². The second kappa shape index (κ2) is 5.63. The van der Waals surface area contributed by atoms with Gasteiger partial charge in [0.05, 0.1) is 17.9 Å². The molecule has 0 radical (unpaired) electrons. The van der Waals surface area contributed by atoms with Crippen molar-refractivity contribution in [3.05, 3.63) is 72.3 Å². The summed E-state index contributed by atoms with van der Waals surface area (Å²) >= 11 is 0. The van der Waals surface area contributed by atoms with Crippen LogP contribution >= 0.6 is 0 Å². The SMILES string of the molecule is NC(Cc1cccnc1)c1cnn(-c2ccccc2)n1. The molecule has 2 aromatic heterocycles. The first-order valence-corrected chi connectivity index (χ1v) is 6.45. The van der Waals surface area contributed by atoms with Crippen LogP contribution in [0.5, 0.6) is 0 Å². The topological polar surface area (TPSA) is 69.6 Å². The highest BCUT2D eigenvalue weighted by atomic mass is 15.5. The van der Waals surface area contributed by atoms with E-state index in [2.05, 4.69) is 15.2 Å². The molecule has 0 saturated carbocycles. The summed E-state index contributed by atoms with van der Waals surface area (Å²) in [4.78, 5) is 5.68. The van der Waals surface area contributed by atoms with Gasteiger partial charge in [0.25, 0.3) is 0 Å². The van der Waals surface area contributed by atoms with Crippen molar-refractivity contribution in [1.29, 1.82) is 0 Å². The Kier molecular flexibility index (Phi) is 3.52. The van der Waals surface area contributed by atoms with E-state index in [1.54, 1.807) is 17.2 Å². The van der Waals surface area contributed by atoms with Crippen molar-refractivity contribution in [2.45, 2.75) is 12.5 Å². The Morgan fingerprint density at radius 2 is 1.90 bits per heavy atom. The van der Waals surface area contributed by atoms with Crippen molar-refractivity contribution < 1.29 is 0 Å². The predicted molar refractivity (Wildman–Crippen MR) is 76.2 cm³/mol. The summed E-state index contributed by atoms with van der Waals surface area (Å²) < 4.78 is 0. The molecule has 0 aliphatic rings. The maximum Gasteiger partial charge on any atom is 0.100 e. The standard InChI is InChI=1S/C15H15N5/c16-14(9-12-5-4-8-17-10-12)15-11-18-20(19-15)13-6-2-1-3-7-13/h1-8,10-11,14H,9,16H2.